The Hall–Kier alpha value is -0.580. The minimum atomic E-state index is 0. The maximum Gasteiger partial charge on any atom is 0.151 e. The fourth-order valence-corrected chi connectivity index (χ4v) is 1.69. The number of nitrogens with one attached hydrogen (secondary N) is 1. The van der Waals surface area contributed by atoms with Crippen molar-refractivity contribution in [2.24, 2.45) is 5.73 Å². The van der Waals surface area contributed by atoms with Crippen LogP contribution >= 0.6 is 36.6 Å². The van der Waals surface area contributed by atoms with Crippen molar-refractivity contribution in [3.63, 3.8) is 0 Å². The van der Waals surface area contributed by atoms with Crippen LogP contribution in [0, 0.1) is 5.41 Å². The smallest absolute Gasteiger partial charge is 0.151 e. The number of para-hydroxylation sites is 1. The van der Waals surface area contributed by atoms with E-state index in [-0.39, 0.29) is 30.0 Å². The number of thioether (sulfide) groups is 1. The number of nitrogens with zero attached hydrogens (tertiary/aromatic N) is 1. The first-order chi connectivity index (χ1) is 6.70. The summed E-state index contributed by atoms with van der Waals surface area (Å²) < 4.78 is 0. The number of halogens is 2. The summed E-state index contributed by atoms with van der Waals surface area (Å²) in [5.41, 5.74) is 6.44. The van der Waals surface area contributed by atoms with Gasteiger partial charge in [-0.15, -0.1) is 24.8 Å². The van der Waals surface area contributed by atoms with E-state index in [1.165, 1.54) is 17.4 Å². The second-order valence-corrected chi connectivity index (χ2v) is 4.11. The molecule has 0 heterocycles. The van der Waals surface area contributed by atoms with Crippen molar-refractivity contribution >= 4 is 47.4 Å². The average Bonchev–Trinajstić information content (AvgIpc) is 2.18. The van der Waals surface area contributed by atoms with Gasteiger partial charge in [0.05, 0.1) is 0 Å². The highest BCUT2D eigenvalue weighted by Crippen LogP contribution is 2.11. The van der Waals surface area contributed by atoms with Crippen LogP contribution in [0.5, 0.6) is 0 Å². The predicted molar refractivity (Wildman–Crippen MR) is 78.6 cm³/mol. The lowest BCUT2D eigenvalue weighted by Crippen LogP contribution is -2.21. The Kier molecular flexibility index (Phi) is 10.7. The number of nitrogens with two attached hydrogens (primary N) is 1. The molecule has 6 heteroatoms. The Morgan fingerprint density at radius 2 is 1.88 bits per heavy atom. The highest BCUT2D eigenvalue weighted by molar-refractivity contribution is 8.13. The van der Waals surface area contributed by atoms with E-state index >= 15 is 0 Å². The van der Waals surface area contributed by atoms with E-state index in [9.17, 15) is 0 Å². The molecule has 0 radical (unpaired) electrons. The van der Waals surface area contributed by atoms with Crippen LogP contribution in [0.25, 0.3) is 0 Å². The molecule has 0 fully saturated rings. The summed E-state index contributed by atoms with van der Waals surface area (Å²) in [6, 6.07) is 10.2. The summed E-state index contributed by atoms with van der Waals surface area (Å²) in [4.78, 5) is 2.15. The first-order valence-electron chi connectivity index (χ1n) is 4.43. The van der Waals surface area contributed by atoms with Gasteiger partial charge in [-0.3, -0.25) is 5.41 Å². The maximum absolute atomic E-state index is 7.07. The average molecular weight is 282 g/mol. The van der Waals surface area contributed by atoms with Crippen molar-refractivity contribution in [3.8, 4) is 0 Å². The molecule has 0 aromatic heterocycles. The lowest BCUT2D eigenvalue weighted by Gasteiger charge is -2.18. The zero-order valence-corrected chi connectivity index (χ0v) is 11.5. The molecule has 1 rings (SSSR count). The molecule has 1 aromatic rings. The van der Waals surface area contributed by atoms with Crippen LogP contribution in [0.15, 0.2) is 30.3 Å². The zero-order valence-electron chi connectivity index (χ0n) is 9.05. The van der Waals surface area contributed by atoms with Crippen molar-refractivity contribution in [3.05, 3.63) is 30.3 Å². The Bertz CT molecular complexity index is 295. The Labute approximate surface area is 113 Å². The SMILES string of the molecule is CN(CCSC(=N)N)c1ccccc1.Cl.Cl. The number of benzene rings is 1. The predicted octanol–water partition coefficient (Wildman–Crippen LogP) is 2.59. The van der Waals surface area contributed by atoms with Crippen LogP contribution in [0.3, 0.4) is 0 Å². The molecule has 0 aliphatic heterocycles. The zero-order chi connectivity index (χ0) is 10.4. The van der Waals surface area contributed by atoms with Crippen LogP contribution in [0.1, 0.15) is 0 Å². The minimum absolute atomic E-state index is 0. The topological polar surface area (TPSA) is 53.1 Å². The van der Waals surface area contributed by atoms with Crippen LogP contribution in [0.4, 0.5) is 5.69 Å². The summed E-state index contributed by atoms with van der Waals surface area (Å²) >= 11 is 1.37. The van der Waals surface area contributed by atoms with Crippen LogP contribution in [-0.4, -0.2) is 24.5 Å². The van der Waals surface area contributed by atoms with Gasteiger partial charge in [-0.25, -0.2) is 0 Å². The standard InChI is InChI=1S/C10H15N3S.2ClH/c1-13(7-8-14-10(11)12)9-5-3-2-4-6-9;;/h2-6H,7-8H2,1H3,(H3,11,12);2*1H. The lowest BCUT2D eigenvalue weighted by atomic mass is 10.3. The first kappa shape index (κ1) is 17.8. The van der Waals surface area contributed by atoms with E-state index in [1.54, 1.807) is 0 Å². The van der Waals surface area contributed by atoms with Gasteiger partial charge >= 0.3 is 0 Å². The number of amidine groups is 1. The molecule has 0 saturated carbocycles. The van der Waals surface area contributed by atoms with E-state index < -0.39 is 0 Å². The van der Waals surface area contributed by atoms with E-state index in [4.69, 9.17) is 11.1 Å². The number of rotatable bonds is 4. The van der Waals surface area contributed by atoms with Gasteiger partial charge < -0.3 is 10.6 Å². The van der Waals surface area contributed by atoms with E-state index in [1.807, 2.05) is 25.2 Å². The lowest BCUT2D eigenvalue weighted by molar-refractivity contribution is 0.979. The fourth-order valence-electron chi connectivity index (χ4n) is 1.10. The highest BCUT2D eigenvalue weighted by Gasteiger charge is 1.99. The molecule has 16 heavy (non-hydrogen) atoms. The van der Waals surface area contributed by atoms with Gasteiger partial charge in [0.15, 0.2) is 5.17 Å². The molecular weight excluding hydrogens is 265 g/mol. The summed E-state index contributed by atoms with van der Waals surface area (Å²) in [6.07, 6.45) is 0. The van der Waals surface area contributed by atoms with Crippen molar-refractivity contribution in [2.75, 3.05) is 24.2 Å². The van der Waals surface area contributed by atoms with Gasteiger partial charge in [0.25, 0.3) is 0 Å². The second kappa shape index (κ2) is 9.63. The molecule has 3 nitrogen and oxygen atoms in total. The van der Waals surface area contributed by atoms with Gasteiger partial charge in [0.2, 0.25) is 0 Å². The van der Waals surface area contributed by atoms with Crippen molar-refractivity contribution in [1.82, 2.24) is 0 Å². The molecule has 0 amide bonds. The Balaban J connectivity index is 0. The Morgan fingerprint density at radius 1 is 1.31 bits per heavy atom. The monoisotopic (exact) mass is 281 g/mol. The number of hydrogen-bond donors (Lipinski definition) is 2. The van der Waals surface area contributed by atoms with E-state index in [2.05, 4.69) is 17.0 Å². The van der Waals surface area contributed by atoms with Crippen molar-refractivity contribution < 1.29 is 0 Å². The molecule has 0 aliphatic carbocycles. The molecular formula is C10H17Cl2N3S. The van der Waals surface area contributed by atoms with Gasteiger partial charge in [-0.2, -0.15) is 0 Å². The summed E-state index contributed by atoms with van der Waals surface area (Å²) in [6.45, 7) is 0.897. The summed E-state index contributed by atoms with van der Waals surface area (Å²) in [7, 11) is 2.04. The molecule has 0 saturated heterocycles. The van der Waals surface area contributed by atoms with Crippen LogP contribution < -0.4 is 10.6 Å². The van der Waals surface area contributed by atoms with Gasteiger partial charge in [-0.05, 0) is 12.1 Å². The summed E-state index contributed by atoms with van der Waals surface area (Å²) in [5.74, 6) is 0.848. The second-order valence-electron chi connectivity index (χ2n) is 2.97. The molecule has 0 aliphatic rings. The van der Waals surface area contributed by atoms with Gasteiger partial charge in [-0.1, -0.05) is 30.0 Å². The summed E-state index contributed by atoms with van der Waals surface area (Å²) in [5, 5.41) is 7.25. The largest absolute Gasteiger partial charge is 0.379 e. The molecule has 1 aromatic carbocycles. The molecule has 0 atom stereocenters. The molecule has 0 unspecified atom stereocenters. The molecule has 0 bridgehead atoms. The van der Waals surface area contributed by atoms with Crippen molar-refractivity contribution in [1.29, 1.82) is 5.41 Å². The molecule has 0 spiro atoms. The third-order valence-corrected chi connectivity index (χ3v) is 2.58. The quantitative estimate of drug-likeness (QED) is 0.659. The first-order valence-corrected chi connectivity index (χ1v) is 5.41. The van der Waals surface area contributed by atoms with E-state index in [0.29, 0.717) is 0 Å². The van der Waals surface area contributed by atoms with Crippen LogP contribution in [0.2, 0.25) is 0 Å². The molecule has 3 N–H and O–H groups in total. The highest BCUT2D eigenvalue weighted by atomic mass is 35.5. The maximum atomic E-state index is 7.07. The molecule has 92 valence electrons. The van der Waals surface area contributed by atoms with E-state index in [0.717, 1.165) is 12.3 Å². The normalized spacial score (nSPS) is 8.56. The number of hydrogen-bond acceptors (Lipinski definition) is 3. The van der Waals surface area contributed by atoms with Crippen molar-refractivity contribution in [2.45, 2.75) is 0 Å². The minimum Gasteiger partial charge on any atom is -0.379 e. The fraction of sp³-hybridized carbons (Fsp3) is 0.300. The number of anilines is 1. The third-order valence-electron chi connectivity index (χ3n) is 1.88. The third kappa shape index (κ3) is 6.82. The van der Waals surface area contributed by atoms with Gasteiger partial charge in [0.1, 0.15) is 0 Å². The van der Waals surface area contributed by atoms with Crippen LogP contribution in [-0.2, 0) is 0 Å². The van der Waals surface area contributed by atoms with Gasteiger partial charge in [0, 0.05) is 25.0 Å². The Morgan fingerprint density at radius 3 is 2.38 bits per heavy atom.